The first-order valence-corrected chi connectivity index (χ1v) is 10.8. The number of imidazole rings is 1. The van der Waals surface area contributed by atoms with E-state index in [-0.39, 0.29) is 0 Å². The van der Waals surface area contributed by atoms with E-state index in [0.717, 1.165) is 60.3 Å². The van der Waals surface area contributed by atoms with Crippen LogP contribution in [0.5, 0.6) is 0 Å². The molecule has 7 heteroatoms. The zero-order valence-electron chi connectivity index (χ0n) is 16.9. The first kappa shape index (κ1) is 18.3. The summed E-state index contributed by atoms with van der Waals surface area (Å²) in [6.45, 7) is 10.2. The van der Waals surface area contributed by atoms with Crippen LogP contribution in [0.1, 0.15) is 15.4 Å². The number of fused-ring (bicyclic) bond motifs is 1. The molecule has 1 aliphatic heterocycles. The van der Waals surface area contributed by atoms with Crippen LogP contribution >= 0.6 is 11.3 Å². The largest absolute Gasteiger partial charge is 0.353 e. The van der Waals surface area contributed by atoms with Gasteiger partial charge in [0, 0.05) is 59.0 Å². The van der Waals surface area contributed by atoms with Gasteiger partial charge in [0.25, 0.3) is 0 Å². The lowest BCUT2D eigenvalue weighted by Gasteiger charge is -2.28. The van der Waals surface area contributed by atoms with Crippen LogP contribution in [-0.4, -0.2) is 45.8 Å². The van der Waals surface area contributed by atoms with Crippen molar-refractivity contribution < 1.29 is 0 Å². The van der Waals surface area contributed by atoms with Gasteiger partial charge >= 0.3 is 0 Å². The summed E-state index contributed by atoms with van der Waals surface area (Å²) >= 11 is 1.81. The van der Waals surface area contributed by atoms with Gasteiger partial charge in [-0.15, -0.1) is 16.4 Å². The summed E-state index contributed by atoms with van der Waals surface area (Å²) < 4.78 is 2.01. The van der Waals surface area contributed by atoms with Gasteiger partial charge in [-0.2, -0.15) is 0 Å². The van der Waals surface area contributed by atoms with Crippen molar-refractivity contribution in [3.63, 3.8) is 0 Å². The van der Waals surface area contributed by atoms with Gasteiger partial charge < -0.3 is 10.2 Å². The van der Waals surface area contributed by atoms with Crippen molar-refractivity contribution in [3.8, 4) is 22.5 Å². The predicted octanol–water partition coefficient (Wildman–Crippen LogP) is 3.85. The second-order valence-corrected chi connectivity index (χ2v) is 8.98. The zero-order chi connectivity index (χ0) is 20.0. The minimum Gasteiger partial charge on any atom is -0.353 e. The van der Waals surface area contributed by atoms with E-state index in [0.29, 0.717) is 0 Å². The minimum absolute atomic E-state index is 0.867. The molecule has 0 radical (unpaired) electrons. The molecule has 0 spiro atoms. The van der Waals surface area contributed by atoms with Crippen LogP contribution in [0, 0.1) is 20.8 Å². The highest BCUT2D eigenvalue weighted by atomic mass is 32.1. The van der Waals surface area contributed by atoms with Gasteiger partial charge in [0.15, 0.2) is 5.65 Å². The number of hydrogen-bond donors (Lipinski definition) is 1. The van der Waals surface area contributed by atoms with Crippen molar-refractivity contribution in [2.24, 2.45) is 0 Å². The number of pyridine rings is 1. The van der Waals surface area contributed by atoms with Crippen LogP contribution in [0.3, 0.4) is 0 Å². The molecule has 148 valence electrons. The molecule has 29 heavy (non-hydrogen) atoms. The molecule has 5 heterocycles. The Labute approximate surface area is 174 Å². The van der Waals surface area contributed by atoms with E-state index < -0.39 is 0 Å². The second kappa shape index (κ2) is 7.24. The van der Waals surface area contributed by atoms with Gasteiger partial charge in [0.2, 0.25) is 0 Å². The summed E-state index contributed by atoms with van der Waals surface area (Å²) in [6.07, 6.45) is 1.86. The van der Waals surface area contributed by atoms with Crippen LogP contribution in [-0.2, 0) is 0 Å². The minimum atomic E-state index is 0.867. The third-order valence-electron chi connectivity index (χ3n) is 5.37. The Hall–Kier alpha value is -2.77. The Balaban J connectivity index is 1.75. The molecule has 0 atom stereocenters. The number of aryl methyl sites for hydroxylation is 3. The molecule has 4 aromatic heterocycles. The molecular formula is C22H24N6S. The lowest BCUT2D eigenvalue weighted by molar-refractivity contribution is 0.582. The molecule has 1 saturated heterocycles. The second-order valence-electron chi connectivity index (χ2n) is 7.52. The van der Waals surface area contributed by atoms with Crippen LogP contribution in [0.15, 0.2) is 36.5 Å². The summed E-state index contributed by atoms with van der Waals surface area (Å²) in [7, 11) is 0. The van der Waals surface area contributed by atoms with E-state index in [2.05, 4.69) is 53.3 Å². The number of nitrogens with one attached hydrogen (secondary N) is 1. The van der Waals surface area contributed by atoms with E-state index in [4.69, 9.17) is 10.1 Å². The molecule has 0 amide bonds. The highest BCUT2D eigenvalue weighted by molar-refractivity contribution is 7.12. The van der Waals surface area contributed by atoms with Gasteiger partial charge in [-0.05, 0) is 51.1 Å². The summed E-state index contributed by atoms with van der Waals surface area (Å²) in [6, 6.07) is 10.6. The topological polar surface area (TPSA) is 58.4 Å². The molecule has 1 aliphatic rings. The van der Waals surface area contributed by atoms with Gasteiger partial charge in [-0.25, -0.2) is 9.50 Å². The molecule has 0 saturated carbocycles. The highest BCUT2D eigenvalue weighted by Crippen LogP contribution is 2.37. The van der Waals surface area contributed by atoms with Crippen LogP contribution < -0.4 is 10.2 Å². The molecule has 1 fully saturated rings. The summed E-state index contributed by atoms with van der Waals surface area (Å²) in [5.74, 6) is 0.994. The Morgan fingerprint density at radius 3 is 2.59 bits per heavy atom. The summed E-state index contributed by atoms with van der Waals surface area (Å²) in [4.78, 5) is 14.3. The van der Waals surface area contributed by atoms with Crippen molar-refractivity contribution >= 4 is 22.8 Å². The average Bonchev–Trinajstić information content (AvgIpc) is 3.27. The SMILES string of the molecule is Cc1cc(-c2c(-c3cc(C)sc3C)nc3ccc(N4CCNCC4)nn23)ccn1. The van der Waals surface area contributed by atoms with E-state index in [1.807, 2.05) is 35.0 Å². The molecule has 1 N–H and O–H groups in total. The van der Waals surface area contributed by atoms with Crippen LogP contribution in [0.4, 0.5) is 5.82 Å². The van der Waals surface area contributed by atoms with E-state index in [1.54, 1.807) is 0 Å². The fourth-order valence-electron chi connectivity index (χ4n) is 3.99. The molecule has 5 rings (SSSR count). The molecular weight excluding hydrogens is 380 g/mol. The van der Waals surface area contributed by atoms with E-state index in [1.165, 1.54) is 15.3 Å². The van der Waals surface area contributed by atoms with Gasteiger partial charge in [-0.1, -0.05) is 0 Å². The quantitative estimate of drug-likeness (QED) is 0.562. The first-order valence-electron chi connectivity index (χ1n) is 9.96. The molecule has 0 aromatic carbocycles. The lowest BCUT2D eigenvalue weighted by atomic mass is 10.1. The number of aromatic nitrogens is 4. The smallest absolute Gasteiger partial charge is 0.155 e. The predicted molar refractivity (Wildman–Crippen MR) is 119 cm³/mol. The lowest BCUT2D eigenvalue weighted by Crippen LogP contribution is -2.44. The molecule has 0 aliphatic carbocycles. The number of piperazine rings is 1. The average molecular weight is 405 g/mol. The monoisotopic (exact) mass is 404 g/mol. The fourth-order valence-corrected chi connectivity index (χ4v) is 4.92. The van der Waals surface area contributed by atoms with Crippen LogP contribution in [0.25, 0.3) is 28.2 Å². The fraction of sp³-hybridized carbons (Fsp3) is 0.318. The maximum absolute atomic E-state index is 5.02. The number of rotatable bonds is 3. The van der Waals surface area contributed by atoms with Crippen LogP contribution in [0.2, 0.25) is 0 Å². The molecule has 6 nitrogen and oxygen atoms in total. The maximum Gasteiger partial charge on any atom is 0.155 e. The van der Waals surface area contributed by atoms with Crippen molar-refractivity contribution in [2.75, 3.05) is 31.1 Å². The molecule has 0 unspecified atom stereocenters. The first-order chi connectivity index (χ1) is 14.1. The number of nitrogens with zero attached hydrogens (tertiary/aromatic N) is 5. The van der Waals surface area contributed by atoms with Gasteiger partial charge in [0.05, 0.1) is 0 Å². The molecule has 0 bridgehead atoms. The maximum atomic E-state index is 5.02. The van der Waals surface area contributed by atoms with Crippen molar-refractivity contribution in [3.05, 3.63) is 52.0 Å². The summed E-state index contributed by atoms with van der Waals surface area (Å²) in [5, 5.41) is 8.43. The Bertz CT molecular complexity index is 1190. The third-order valence-corrected chi connectivity index (χ3v) is 6.34. The third kappa shape index (κ3) is 3.30. The molecule has 4 aromatic rings. The Morgan fingerprint density at radius 1 is 1.03 bits per heavy atom. The van der Waals surface area contributed by atoms with E-state index >= 15 is 0 Å². The van der Waals surface area contributed by atoms with Gasteiger partial charge in [0.1, 0.15) is 17.2 Å². The normalized spacial score (nSPS) is 14.7. The number of hydrogen-bond acceptors (Lipinski definition) is 6. The zero-order valence-corrected chi connectivity index (χ0v) is 17.8. The highest BCUT2D eigenvalue weighted by Gasteiger charge is 2.21. The number of thiophene rings is 1. The van der Waals surface area contributed by atoms with E-state index in [9.17, 15) is 0 Å². The van der Waals surface area contributed by atoms with Crippen molar-refractivity contribution in [1.29, 1.82) is 0 Å². The van der Waals surface area contributed by atoms with Crippen molar-refractivity contribution in [1.82, 2.24) is 24.9 Å². The summed E-state index contributed by atoms with van der Waals surface area (Å²) in [5.41, 5.74) is 6.15. The Morgan fingerprint density at radius 2 is 1.86 bits per heavy atom. The standard InChI is InChI=1S/C22H24N6S/c1-14-12-17(6-7-24-14)22-21(18-13-15(2)29-16(18)3)25-19-4-5-20(26-28(19)22)27-10-8-23-9-11-27/h4-7,12-13,23H,8-11H2,1-3H3. The number of anilines is 1. The Kier molecular flexibility index (Phi) is 4.56. The van der Waals surface area contributed by atoms with Crippen molar-refractivity contribution in [2.45, 2.75) is 20.8 Å². The van der Waals surface area contributed by atoms with Gasteiger partial charge in [-0.3, -0.25) is 4.98 Å².